The van der Waals surface area contributed by atoms with Crippen molar-refractivity contribution in [3.63, 3.8) is 0 Å². The molecule has 0 radical (unpaired) electrons. The molecular formula is C10H8ClNO4. The van der Waals surface area contributed by atoms with Crippen molar-refractivity contribution in [2.45, 2.75) is 18.3 Å². The molecule has 1 aliphatic rings. The fourth-order valence-electron chi connectivity index (χ4n) is 1.70. The summed E-state index contributed by atoms with van der Waals surface area (Å²) in [6, 6.07) is 4.16. The Bertz CT molecular complexity index is 482. The fraction of sp³-hybridized carbons (Fsp3) is 0.300. The van der Waals surface area contributed by atoms with Gasteiger partial charge < -0.3 is 5.11 Å². The van der Waals surface area contributed by atoms with Crippen molar-refractivity contribution >= 4 is 23.3 Å². The topological polar surface area (TPSA) is 80.4 Å². The third-order valence-corrected chi connectivity index (χ3v) is 3.17. The molecule has 0 amide bonds. The Morgan fingerprint density at radius 3 is 2.56 bits per heavy atom. The number of nitro groups is 1. The summed E-state index contributed by atoms with van der Waals surface area (Å²) in [7, 11) is 0. The smallest absolute Gasteiger partial charge is 0.314 e. The SMILES string of the molecule is O=C(O)C1(c2ccc(Cl)c([N+](=O)[O-])c2)CC1. The molecule has 16 heavy (non-hydrogen) atoms. The molecular weight excluding hydrogens is 234 g/mol. The van der Waals surface area contributed by atoms with E-state index in [-0.39, 0.29) is 10.7 Å². The first-order valence-corrected chi connectivity index (χ1v) is 5.03. The van der Waals surface area contributed by atoms with Gasteiger partial charge in [0.15, 0.2) is 0 Å². The molecule has 1 aliphatic carbocycles. The van der Waals surface area contributed by atoms with Crippen LogP contribution < -0.4 is 0 Å². The Balaban J connectivity index is 2.48. The molecule has 0 spiro atoms. The van der Waals surface area contributed by atoms with Crippen LogP contribution in [0.25, 0.3) is 0 Å². The molecule has 0 heterocycles. The summed E-state index contributed by atoms with van der Waals surface area (Å²) in [5, 5.41) is 19.7. The van der Waals surface area contributed by atoms with E-state index >= 15 is 0 Å². The van der Waals surface area contributed by atoms with Crippen LogP contribution in [0.4, 0.5) is 5.69 Å². The summed E-state index contributed by atoms with van der Waals surface area (Å²) in [4.78, 5) is 21.1. The number of rotatable bonds is 3. The van der Waals surface area contributed by atoms with E-state index in [1.165, 1.54) is 18.2 Å². The van der Waals surface area contributed by atoms with Gasteiger partial charge >= 0.3 is 5.97 Å². The third kappa shape index (κ3) is 1.53. The average molecular weight is 242 g/mol. The summed E-state index contributed by atoms with van der Waals surface area (Å²) in [6.07, 6.45) is 1.03. The highest BCUT2D eigenvalue weighted by Crippen LogP contribution is 2.49. The first-order valence-electron chi connectivity index (χ1n) is 4.65. The Kier molecular flexibility index (Phi) is 2.35. The van der Waals surface area contributed by atoms with Gasteiger partial charge in [0.05, 0.1) is 10.3 Å². The summed E-state index contributed by atoms with van der Waals surface area (Å²) in [5.41, 5.74) is -0.724. The number of carbonyl (C=O) groups is 1. The van der Waals surface area contributed by atoms with E-state index in [2.05, 4.69) is 0 Å². The lowest BCUT2D eigenvalue weighted by Gasteiger charge is -2.09. The molecule has 1 fully saturated rings. The lowest BCUT2D eigenvalue weighted by molar-refractivity contribution is -0.384. The van der Waals surface area contributed by atoms with Gasteiger partial charge in [-0.2, -0.15) is 0 Å². The van der Waals surface area contributed by atoms with Gasteiger partial charge in [0.25, 0.3) is 5.69 Å². The standard InChI is InChI=1S/C10H8ClNO4/c11-7-2-1-6(5-8(7)12(15)16)10(3-4-10)9(13)14/h1-2,5H,3-4H2,(H,13,14). The summed E-state index contributed by atoms with van der Waals surface area (Å²) in [5.74, 6) is -0.941. The number of nitro benzene ring substituents is 1. The number of benzene rings is 1. The predicted octanol–water partition coefficient (Wildman–Crippen LogP) is 2.36. The van der Waals surface area contributed by atoms with Crippen molar-refractivity contribution in [1.29, 1.82) is 0 Å². The van der Waals surface area contributed by atoms with Gasteiger partial charge in [-0.15, -0.1) is 0 Å². The molecule has 1 aromatic carbocycles. The normalized spacial score (nSPS) is 16.8. The Hall–Kier alpha value is -1.62. The van der Waals surface area contributed by atoms with Gasteiger partial charge in [-0.25, -0.2) is 0 Å². The monoisotopic (exact) mass is 241 g/mol. The van der Waals surface area contributed by atoms with Gasteiger partial charge in [-0.1, -0.05) is 17.7 Å². The van der Waals surface area contributed by atoms with Crippen LogP contribution >= 0.6 is 11.6 Å². The van der Waals surface area contributed by atoms with E-state index in [0.717, 1.165) is 0 Å². The summed E-state index contributed by atoms with van der Waals surface area (Å²) < 4.78 is 0. The molecule has 0 unspecified atom stereocenters. The van der Waals surface area contributed by atoms with Crippen LogP contribution in [0.3, 0.4) is 0 Å². The molecule has 1 saturated carbocycles. The van der Waals surface area contributed by atoms with Gasteiger partial charge in [0.2, 0.25) is 0 Å². The van der Waals surface area contributed by atoms with Crippen LogP contribution in [0.2, 0.25) is 5.02 Å². The number of halogens is 1. The molecule has 0 atom stereocenters. The molecule has 0 aromatic heterocycles. The first kappa shape index (κ1) is 10.9. The average Bonchev–Trinajstić information content (AvgIpc) is 2.98. The number of carboxylic acid groups (broad SMARTS) is 1. The number of carboxylic acids is 1. The minimum atomic E-state index is -0.941. The lowest BCUT2D eigenvalue weighted by Crippen LogP contribution is -2.19. The maximum absolute atomic E-state index is 11.0. The Morgan fingerprint density at radius 2 is 2.12 bits per heavy atom. The van der Waals surface area contributed by atoms with Crippen LogP contribution in [0.15, 0.2) is 18.2 Å². The minimum Gasteiger partial charge on any atom is -0.481 e. The highest BCUT2D eigenvalue weighted by molar-refractivity contribution is 6.32. The number of hydrogen-bond acceptors (Lipinski definition) is 3. The summed E-state index contributed by atoms with van der Waals surface area (Å²) in [6.45, 7) is 0. The molecule has 84 valence electrons. The van der Waals surface area contributed by atoms with Crippen LogP contribution in [0, 0.1) is 10.1 Å². The zero-order chi connectivity index (χ0) is 11.9. The van der Waals surface area contributed by atoms with Crippen LogP contribution in [0.1, 0.15) is 18.4 Å². The molecule has 1 N–H and O–H groups in total. The highest BCUT2D eigenvalue weighted by Gasteiger charge is 2.52. The van der Waals surface area contributed by atoms with Gasteiger partial charge in [0.1, 0.15) is 5.02 Å². The quantitative estimate of drug-likeness (QED) is 0.651. The van der Waals surface area contributed by atoms with E-state index in [9.17, 15) is 14.9 Å². The van der Waals surface area contributed by atoms with Crippen molar-refractivity contribution in [3.8, 4) is 0 Å². The highest BCUT2D eigenvalue weighted by atomic mass is 35.5. The van der Waals surface area contributed by atoms with Gasteiger partial charge in [-0.05, 0) is 24.5 Å². The predicted molar refractivity (Wildman–Crippen MR) is 56.7 cm³/mol. The molecule has 5 nitrogen and oxygen atoms in total. The zero-order valence-electron chi connectivity index (χ0n) is 8.14. The molecule has 2 rings (SSSR count). The van der Waals surface area contributed by atoms with Crippen molar-refractivity contribution in [2.75, 3.05) is 0 Å². The largest absolute Gasteiger partial charge is 0.481 e. The van der Waals surface area contributed by atoms with Crippen LogP contribution in [-0.4, -0.2) is 16.0 Å². The van der Waals surface area contributed by atoms with Crippen LogP contribution in [-0.2, 0) is 10.2 Å². The molecule has 0 aliphatic heterocycles. The second-order valence-electron chi connectivity index (χ2n) is 3.81. The third-order valence-electron chi connectivity index (χ3n) is 2.85. The Morgan fingerprint density at radius 1 is 1.50 bits per heavy atom. The maximum Gasteiger partial charge on any atom is 0.314 e. The number of hydrogen-bond donors (Lipinski definition) is 1. The number of aliphatic carboxylic acids is 1. The fourth-order valence-corrected chi connectivity index (χ4v) is 1.89. The Labute approximate surface area is 95.8 Å². The molecule has 1 aromatic rings. The number of nitrogens with zero attached hydrogens (tertiary/aromatic N) is 1. The summed E-state index contributed by atoms with van der Waals surface area (Å²) >= 11 is 5.65. The second-order valence-corrected chi connectivity index (χ2v) is 4.22. The zero-order valence-corrected chi connectivity index (χ0v) is 8.90. The van der Waals surface area contributed by atoms with Gasteiger partial charge in [0, 0.05) is 6.07 Å². The van der Waals surface area contributed by atoms with Gasteiger partial charge in [-0.3, -0.25) is 14.9 Å². The maximum atomic E-state index is 11.0. The first-order chi connectivity index (χ1) is 7.47. The van der Waals surface area contributed by atoms with Crippen molar-refractivity contribution in [1.82, 2.24) is 0 Å². The van der Waals surface area contributed by atoms with E-state index in [1.54, 1.807) is 0 Å². The molecule has 0 saturated heterocycles. The van der Waals surface area contributed by atoms with E-state index in [0.29, 0.717) is 18.4 Å². The van der Waals surface area contributed by atoms with E-state index < -0.39 is 16.3 Å². The molecule has 6 heteroatoms. The van der Waals surface area contributed by atoms with Crippen molar-refractivity contribution in [3.05, 3.63) is 38.9 Å². The lowest BCUT2D eigenvalue weighted by atomic mass is 9.96. The van der Waals surface area contributed by atoms with Crippen LogP contribution in [0.5, 0.6) is 0 Å². The minimum absolute atomic E-state index is 0.0231. The van der Waals surface area contributed by atoms with E-state index in [4.69, 9.17) is 16.7 Å². The molecule has 0 bridgehead atoms. The second kappa shape index (κ2) is 3.45. The van der Waals surface area contributed by atoms with Crippen molar-refractivity contribution < 1.29 is 14.8 Å². The van der Waals surface area contributed by atoms with E-state index in [1.807, 2.05) is 0 Å². The van der Waals surface area contributed by atoms with Crippen molar-refractivity contribution in [2.24, 2.45) is 0 Å².